The third-order valence-electron chi connectivity index (χ3n) is 4.57. The molecule has 0 aliphatic carbocycles. The fraction of sp³-hybridized carbons (Fsp3) is 0.417. The van der Waals surface area contributed by atoms with E-state index < -0.39 is 0 Å². The smallest absolute Gasteiger partial charge is 0.0143 e. The fourth-order valence-electron chi connectivity index (χ4n) is 3.75. The van der Waals surface area contributed by atoms with Crippen LogP contribution in [0.1, 0.15) is 52.7 Å². The highest BCUT2D eigenvalue weighted by Gasteiger charge is 2.21. The molecule has 0 heterocycles. The van der Waals surface area contributed by atoms with Gasteiger partial charge < -0.3 is 0 Å². The van der Waals surface area contributed by atoms with E-state index in [1.807, 2.05) is 0 Å². The molecule has 0 bridgehead atoms. The predicted octanol–water partition coefficient (Wildman–Crippen LogP) is 7.17. The first-order chi connectivity index (χ1) is 11.2. The van der Waals surface area contributed by atoms with E-state index in [4.69, 9.17) is 0 Å². The lowest BCUT2D eigenvalue weighted by Gasteiger charge is -2.25. The second kappa shape index (κ2) is 5.92. The maximum atomic E-state index is 2.33. The standard InChI is InChI=1S/C24H30/c1-23(2,3)15-21-17-11-7-9-13-19(17)22(16-24(4,5)6)20-14-10-8-12-18(20)21/h7-14H,15-16H2,1-6H3. The summed E-state index contributed by atoms with van der Waals surface area (Å²) in [6, 6.07) is 18.0. The van der Waals surface area contributed by atoms with Crippen LogP contribution in [-0.4, -0.2) is 0 Å². The second-order valence-corrected chi connectivity index (χ2v) is 9.52. The number of hydrogen-bond acceptors (Lipinski definition) is 0. The van der Waals surface area contributed by atoms with E-state index in [1.54, 1.807) is 0 Å². The van der Waals surface area contributed by atoms with Gasteiger partial charge in [-0.05, 0) is 56.3 Å². The minimum Gasteiger partial charge on any atom is -0.0616 e. The molecule has 0 aliphatic heterocycles. The molecule has 0 saturated heterocycles. The van der Waals surface area contributed by atoms with Crippen LogP contribution in [0, 0.1) is 10.8 Å². The summed E-state index contributed by atoms with van der Waals surface area (Å²) in [7, 11) is 0. The summed E-state index contributed by atoms with van der Waals surface area (Å²) in [6.45, 7) is 14.0. The lowest BCUT2D eigenvalue weighted by molar-refractivity contribution is 0.411. The van der Waals surface area contributed by atoms with E-state index >= 15 is 0 Å². The Labute approximate surface area is 146 Å². The Kier molecular flexibility index (Phi) is 4.20. The van der Waals surface area contributed by atoms with Crippen molar-refractivity contribution in [1.82, 2.24) is 0 Å². The molecule has 0 spiro atoms. The highest BCUT2D eigenvalue weighted by molar-refractivity contribution is 6.05. The number of rotatable bonds is 2. The van der Waals surface area contributed by atoms with Crippen LogP contribution in [0.3, 0.4) is 0 Å². The van der Waals surface area contributed by atoms with Gasteiger partial charge in [-0.1, -0.05) is 90.1 Å². The zero-order chi connectivity index (χ0) is 17.5. The molecule has 0 unspecified atom stereocenters. The summed E-state index contributed by atoms with van der Waals surface area (Å²) in [5.41, 5.74) is 3.56. The topological polar surface area (TPSA) is 0 Å². The molecule has 0 aromatic heterocycles. The maximum absolute atomic E-state index is 2.33. The number of fused-ring (bicyclic) bond motifs is 2. The van der Waals surface area contributed by atoms with Crippen LogP contribution in [0.25, 0.3) is 21.5 Å². The molecule has 0 N–H and O–H groups in total. The van der Waals surface area contributed by atoms with Gasteiger partial charge >= 0.3 is 0 Å². The molecule has 3 aromatic rings. The summed E-state index contributed by atoms with van der Waals surface area (Å²) in [4.78, 5) is 0. The molecule has 0 radical (unpaired) electrons. The number of benzene rings is 3. The molecule has 126 valence electrons. The molecule has 0 aliphatic rings. The van der Waals surface area contributed by atoms with Crippen LogP contribution in [-0.2, 0) is 12.8 Å². The van der Waals surface area contributed by atoms with Gasteiger partial charge in [-0.2, -0.15) is 0 Å². The second-order valence-electron chi connectivity index (χ2n) is 9.52. The average molecular weight is 319 g/mol. The Morgan fingerprint density at radius 1 is 0.500 bits per heavy atom. The summed E-state index contributed by atoms with van der Waals surface area (Å²) in [5, 5.41) is 5.74. The molecular formula is C24H30. The largest absolute Gasteiger partial charge is 0.0616 e. The van der Waals surface area contributed by atoms with Gasteiger partial charge in [0.2, 0.25) is 0 Å². The monoisotopic (exact) mass is 318 g/mol. The van der Waals surface area contributed by atoms with E-state index in [0.717, 1.165) is 12.8 Å². The normalized spacial score (nSPS) is 12.9. The predicted molar refractivity (Wildman–Crippen MR) is 108 cm³/mol. The molecule has 0 nitrogen and oxygen atoms in total. The average Bonchev–Trinajstić information content (AvgIpc) is 2.48. The molecule has 0 fully saturated rings. The van der Waals surface area contributed by atoms with Gasteiger partial charge in [0.1, 0.15) is 0 Å². The maximum Gasteiger partial charge on any atom is -0.0143 e. The van der Waals surface area contributed by atoms with Crippen molar-refractivity contribution in [3.05, 3.63) is 59.7 Å². The molecule has 0 heteroatoms. The quantitative estimate of drug-likeness (QED) is 0.439. The minimum absolute atomic E-state index is 0.275. The Balaban J connectivity index is 2.41. The van der Waals surface area contributed by atoms with Crippen LogP contribution in [0.15, 0.2) is 48.5 Å². The van der Waals surface area contributed by atoms with E-state index in [-0.39, 0.29) is 10.8 Å². The van der Waals surface area contributed by atoms with Crippen LogP contribution in [0.5, 0.6) is 0 Å². The first kappa shape index (κ1) is 17.0. The van der Waals surface area contributed by atoms with Crippen molar-refractivity contribution >= 4 is 21.5 Å². The van der Waals surface area contributed by atoms with Crippen LogP contribution >= 0.6 is 0 Å². The van der Waals surface area contributed by atoms with Crippen molar-refractivity contribution < 1.29 is 0 Å². The molecule has 24 heavy (non-hydrogen) atoms. The van der Waals surface area contributed by atoms with Crippen molar-refractivity contribution in [2.24, 2.45) is 10.8 Å². The fourth-order valence-corrected chi connectivity index (χ4v) is 3.75. The summed E-state index contributed by atoms with van der Waals surface area (Å²) >= 11 is 0. The van der Waals surface area contributed by atoms with Gasteiger partial charge in [0, 0.05) is 0 Å². The molecule has 0 amide bonds. The van der Waals surface area contributed by atoms with E-state index in [0.29, 0.717) is 0 Å². The van der Waals surface area contributed by atoms with Gasteiger partial charge in [-0.15, -0.1) is 0 Å². The van der Waals surface area contributed by atoms with Gasteiger partial charge in [-0.25, -0.2) is 0 Å². The molecule has 3 rings (SSSR count). The molecule has 3 aromatic carbocycles. The summed E-state index contributed by atoms with van der Waals surface area (Å²) in [6.07, 6.45) is 2.20. The molecule has 0 atom stereocenters. The Bertz CT molecular complexity index is 739. The van der Waals surface area contributed by atoms with Crippen molar-refractivity contribution in [3.8, 4) is 0 Å². The summed E-state index contributed by atoms with van der Waals surface area (Å²) in [5.74, 6) is 0. The van der Waals surface area contributed by atoms with Gasteiger partial charge in [0.15, 0.2) is 0 Å². The Morgan fingerprint density at radius 3 is 0.958 bits per heavy atom. The van der Waals surface area contributed by atoms with E-state index in [9.17, 15) is 0 Å². The zero-order valence-electron chi connectivity index (χ0n) is 16.0. The molecular weight excluding hydrogens is 288 g/mol. The SMILES string of the molecule is CC(C)(C)Cc1c2ccccc2c(CC(C)(C)C)c2ccccc12. The first-order valence-electron chi connectivity index (χ1n) is 9.07. The van der Waals surface area contributed by atoms with E-state index in [2.05, 4.69) is 90.1 Å². The van der Waals surface area contributed by atoms with Crippen molar-refractivity contribution in [3.63, 3.8) is 0 Å². The Morgan fingerprint density at radius 2 is 0.750 bits per heavy atom. The first-order valence-corrected chi connectivity index (χ1v) is 9.07. The highest BCUT2D eigenvalue weighted by Crippen LogP contribution is 2.38. The van der Waals surface area contributed by atoms with Gasteiger partial charge in [-0.3, -0.25) is 0 Å². The van der Waals surface area contributed by atoms with Crippen molar-refractivity contribution in [2.45, 2.75) is 54.4 Å². The van der Waals surface area contributed by atoms with Crippen molar-refractivity contribution in [1.29, 1.82) is 0 Å². The Hall–Kier alpha value is -1.82. The lowest BCUT2D eigenvalue weighted by atomic mass is 9.79. The third kappa shape index (κ3) is 3.48. The zero-order valence-corrected chi connectivity index (χ0v) is 16.0. The van der Waals surface area contributed by atoms with Gasteiger partial charge in [0.25, 0.3) is 0 Å². The molecule has 0 saturated carbocycles. The van der Waals surface area contributed by atoms with Crippen LogP contribution < -0.4 is 0 Å². The van der Waals surface area contributed by atoms with Crippen molar-refractivity contribution in [2.75, 3.05) is 0 Å². The number of hydrogen-bond donors (Lipinski definition) is 0. The van der Waals surface area contributed by atoms with Gasteiger partial charge in [0.05, 0.1) is 0 Å². The van der Waals surface area contributed by atoms with Crippen LogP contribution in [0.4, 0.5) is 0 Å². The minimum atomic E-state index is 0.275. The highest BCUT2D eigenvalue weighted by atomic mass is 14.3. The third-order valence-corrected chi connectivity index (χ3v) is 4.57. The van der Waals surface area contributed by atoms with E-state index in [1.165, 1.54) is 32.7 Å². The summed E-state index contributed by atoms with van der Waals surface area (Å²) < 4.78 is 0. The lowest BCUT2D eigenvalue weighted by Crippen LogP contribution is -2.13. The van der Waals surface area contributed by atoms with Crippen LogP contribution in [0.2, 0.25) is 0 Å².